The van der Waals surface area contributed by atoms with Gasteiger partial charge in [0.2, 0.25) is 11.6 Å². The van der Waals surface area contributed by atoms with Crippen molar-refractivity contribution in [1.29, 1.82) is 0 Å². The Hall–Kier alpha value is -2.96. The lowest BCUT2D eigenvalue weighted by atomic mass is 10.1. The molecule has 1 heterocycles. The molecule has 0 saturated heterocycles. The third-order valence-electron chi connectivity index (χ3n) is 3.06. The van der Waals surface area contributed by atoms with Crippen molar-refractivity contribution in [2.24, 2.45) is 0 Å². The third-order valence-corrected chi connectivity index (χ3v) is 3.06. The van der Waals surface area contributed by atoms with Crippen molar-refractivity contribution < 1.29 is 4.92 Å². The molecular formula is C15H17N5O2. The molecule has 0 aliphatic heterocycles. The topological polar surface area (TPSA) is 93.0 Å². The van der Waals surface area contributed by atoms with Crippen molar-refractivity contribution >= 4 is 23.0 Å². The monoisotopic (exact) mass is 299 g/mol. The Labute approximate surface area is 128 Å². The number of aryl methyl sites for hydroxylation is 2. The van der Waals surface area contributed by atoms with Crippen LogP contribution in [-0.2, 0) is 0 Å². The highest BCUT2D eigenvalue weighted by atomic mass is 16.6. The summed E-state index contributed by atoms with van der Waals surface area (Å²) >= 11 is 0. The standard InChI is InChI=1S/C15H17N5O2/c1-4-7-16-14-13(20(21)22)15(18-9-17-14)19-12-8-10(2)5-6-11(12)3/h4-6,8-9H,1,7H2,2-3H3,(H2,16,17,18,19). The fraction of sp³-hybridized carbons (Fsp3) is 0.200. The number of nitro groups is 1. The summed E-state index contributed by atoms with van der Waals surface area (Å²) in [6.45, 7) is 7.82. The molecule has 2 rings (SSSR count). The molecule has 114 valence electrons. The van der Waals surface area contributed by atoms with Crippen LogP contribution in [0.2, 0.25) is 0 Å². The summed E-state index contributed by atoms with van der Waals surface area (Å²) in [5.74, 6) is 0.313. The summed E-state index contributed by atoms with van der Waals surface area (Å²) in [5, 5.41) is 17.2. The number of benzene rings is 1. The van der Waals surface area contributed by atoms with Gasteiger partial charge in [0, 0.05) is 12.2 Å². The Bertz CT molecular complexity index is 715. The first-order valence-electron chi connectivity index (χ1n) is 6.71. The van der Waals surface area contributed by atoms with E-state index in [1.165, 1.54) is 6.33 Å². The molecular weight excluding hydrogens is 282 g/mol. The molecule has 0 bridgehead atoms. The van der Waals surface area contributed by atoms with Crippen molar-refractivity contribution in [3.63, 3.8) is 0 Å². The molecule has 0 atom stereocenters. The zero-order valence-electron chi connectivity index (χ0n) is 12.5. The molecule has 1 aromatic carbocycles. The molecule has 0 fully saturated rings. The van der Waals surface area contributed by atoms with E-state index in [4.69, 9.17) is 0 Å². The number of hydrogen-bond acceptors (Lipinski definition) is 6. The lowest BCUT2D eigenvalue weighted by Gasteiger charge is -2.11. The third kappa shape index (κ3) is 3.38. The van der Waals surface area contributed by atoms with Gasteiger partial charge in [-0.05, 0) is 31.0 Å². The molecule has 0 aliphatic rings. The van der Waals surface area contributed by atoms with E-state index in [0.29, 0.717) is 6.54 Å². The van der Waals surface area contributed by atoms with E-state index in [-0.39, 0.29) is 17.3 Å². The number of nitrogens with one attached hydrogen (secondary N) is 2. The predicted molar refractivity (Wildman–Crippen MR) is 86.6 cm³/mol. The zero-order valence-corrected chi connectivity index (χ0v) is 12.5. The number of anilines is 3. The van der Waals surface area contributed by atoms with Gasteiger partial charge in [0.1, 0.15) is 6.33 Å². The Morgan fingerprint density at radius 2 is 2.05 bits per heavy atom. The zero-order chi connectivity index (χ0) is 16.1. The van der Waals surface area contributed by atoms with Crippen LogP contribution < -0.4 is 10.6 Å². The number of aromatic nitrogens is 2. The first-order chi connectivity index (χ1) is 10.5. The van der Waals surface area contributed by atoms with E-state index in [1.54, 1.807) is 6.08 Å². The molecule has 0 spiro atoms. The van der Waals surface area contributed by atoms with Crippen LogP contribution in [0, 0.1) is 24.0 Å². The molecule has 0 amide bonds. The molecule has 2 N–H and O–H groups in total. The molecule has 0 saturated carbocycles. The van der Waals surface area contributed by atoms with E-state index in [1.807, 2.05) is 32.0 Å². The van der Waals surface area contributed by atoms with Crippen molar-refractivity contribution in [2.75, 3.05) is 17.2 Å². The summed E-state index contributed by atoms with van der Waals surface area (Å²) in [6.07, 6.45) is 2.88. The molecule has 0 unspecified atom stereocenters. The van der Waals surface area contributed by atoms with Gasteiger partial charge in [0.05, 0.1) is 4.92 Å². The number of nitrogens with zero attached hydrogens (tertiary/aromatic N) is 3. The summed E-state index contributed by atoms with van der Waals surface area (Å²) in [4.78, 5) is 18.8. The van der Waals surface area contributed by atoms with Crippen LogP contribution >= 0.6 is 0 Å². The minimum absolute atomic E-state index is 0.153. The average molecular weight is 299 g/mol. The molecule has 7 heteroatoms. The number of hydrogen-bond donors (Lipinski definition) is 2. The SMILES string of the molecule is C=CCNc1ncnc(Nc2cc(C)ccc2C)c1[N+](=O)[O-]. The van der Waals surface area contributed by atoms with Crippen LogP contribution in [-0.4, -0.2) is 21.4 Å². The Morgan fingerprint density at radius 1 is 1.32 bits per heavy atom. The van der Waals surface area contributed by atoms with Gasteiger partial charge in [-0.15, -0.1) is 6.58 Å². The Morgan fingerprint density at radius 3 is 2.73 bits per heavy atom. The van der Waals surface area contributed by atoms with Crippen molar-refractivity contribution in [3.8, 4) is 0 Å². The normalized spacial score (nSPS) is 10.1. The van der Waals surface area contributed by atoms with Gasteiger partial charge in [-0.25, -0.2) is 9.97 Å². The lowest BCUT2D eigenvalue weighted by molar-refractivity contribution is -0.383. The summed E-state index contributed by atoms with van der Waals surface area (Å²) < 4.78 is 0. The molecule has 22 heavy (non-hydrogen) atoms. The smallest absolute Gasteiger partial charge is 0.353 e. The van der Waals surface area contributed by atoms with Crippen LogP contribution in [0.15, 0.2) is 37.2 Å². The maximum Gasteiger partial charge on any atom is 0.353 e. The van der Waals surface area contributed by atoms with Crippen molar-refractivity contribution in [1.82, 2.24) is 9.97 Å². The minimum atomic E-state index is -0.501. The Kier molecular flexibility index (Phi) is 4.67. The molecule has 2 aromatic rings. The predicted octanol–water partition coefficient (Wildman–Crippen LogP) is 3.34. The second kappa shape index (κ2) is 6.66. The maximum atomic E-state index is 11.4. The minimum Gasteiger partial charge on any atom is -0.361 e. The Balaban J connectivity index is 2.43. The second-order valence-electron chi connectivity index (χ2n) is 4.79. The van der Waals surface area contributed by atoms with Crippen LogP contribution in [0.4, 0.5) is 23.0 Å². The van der Waals surface area contributed by atoms with Crippen molar-refractivity contribution in [3.05, 3.63) is 58.4 Å². The van der Waals surface area contributed by atoms with E-state index in [9.17, 15) is 10.1 Å². The molecule has 1 aromatic heterocycles. The van der Waals surface area contributed by atoms with Gasteiger partial charge in [-0.3, -0.25) is 10.1 Å². The van der Waals surface area contributed by atoms with E-state index in [2.05, 4.69) is 27.2 Å². The summed E-state index contributed by atoms with van der Waals surface area (Å²) in [5.41, 5.74) is 2.61. The van der Waals surface area contributed by atoms with Gasteiger partial charge in [-0.1, -0.05) is 18.2 Å². The van der Waals surface area contributed by atoms with Gasteiger partial charge in [0.15, 0.2) is 0 Å². The van der Waals surface area contributed by atoms with E-state index < -0.39 is 4.92 Å². The molecule has 0 radical (unpaired) electrons. The first kappa shape index (κ1) is 15.4. The van der Waals surface area contributed by atoms with Crippen LogP contribution in [0.1, 0.15) is 11.1 Å². The number of rotatable bonds is 6. The van der Waals surface area contributed by atoms with Gasteiger partial charge in [0.25, 0.3) is 0 Å². The largest absolute Gasteiger partial charge is 0.361 e. The second-order valence-corrected chi connectivity index (χ2v) is 4.79. The summed E-state index contributed by atoms with van der Waals surface area (Å²) in [7, 11) is 0. The van der Waals surface area contributed by atoms with Crippen LogP contribution in [0.5, 0.6) is 0 Å². The van der Waals surface area contributed by atoms with Gasteiger partial charge < -0.3 is 10.6 Å². The van der Waals surface area contributed by atoms with Crippen LogP contribution in [0.25, 0.3) is 0 Å². The highest BCUT2D eigenvalue weighted by molar-refractivity contribution is 5.75. The van der Waals surface area contributed by atoms with E-state index in [0.717, 1.165) is 16.8 Å². The first-order valence-corrected chi connectivity index (χ1v) is 6.71. The van der Waals surface area contributed by atoms with Crippen molar-refractivity contribution in [2.45, 2.75) is 13.8 Å². The fourth-order valence-corrected chi connectivity index (χ4v) is 1.94. The van der Waals surface area contributed by atoms with Gasteiger partial charge >= 0.3 is 5.69 Å². The highest BCUT2D eigenvalue weighted by Crippen LogP contribution is 2.32. The fourth-order valence-electron chi connectivity index (χ4n) is 1.94. The highest BCUT2D eigenvalue weighted by Gasteiger charge is 2.23. The summed E-state index contributed by atoms with van der Waals surface area (Å²) in [6, 6.07) is 5.84. The maximum absolute atomic E-state index is 11.4. The molecule has 7 nitrogen and oxygen atoms in total. The van der Waals surface area contributed by atoms with E-state index >= 15 is 0 Å². The quantitative estimate of drug-likeness (QED) is 0.483. The van der Waals surface area contributed by atoms with Gasteiger partial charge in [-0.2, -0.15) is 0 Å². The molecule has 0 aliphatic carbocycles. The van der Waals surface area contributed by atoms with Crippen LogP contribution in [0.3, 0.4) is 0 Å². The lowest BCUT2D eigenvalue weighted by Crippen LogP contribution is -2.08. The average Bonchev–Trinajstić information content (AvgIpc) is 2.48.